The topological polar surface area (TPSA) is 39.1 Å². The highest BCUT2D eigenvalue weighted by molar-refractivity contribution is 5.31. The summed E-state index contributed by atoms with van der Waals surface area (Å²) >= 11 is 0. The second-order valence-electron chi connectivity index (χ2n) is 4.94. The molecule has 0 saturated heterocycles. The highest BCUT2D eigenvalue weighted by Gasteiger charge is 2.12. The van der Waals surface area contributed by atoms with Crippen molar-refractivity contribution in [3.8, 4) is 5.75 Å². The van der Waals surface area contributed by atoms with Gasteiger partial charge in [-0.2, -0.15) is 0 Å². The Kier molecular flexibility index (Phi) is 4.74. The number of ether oxygens (including phenoxy) is 1. The van der Waals surface area contributed by atoms with E-state index in [1.807, 2.05) is 10.8 Å². The first-order valence-electron chi connectivity index (χ1n) is 6.65. The standard InChI is InChI=1S/C15H20FN3O/c1-11(9-19-7-6-17-10-19)18-12(2)13-4-5-14(16)15(8-13)20-3/h4-8,10-12,18H,9H2,1-3H3. The molecule has 0 fully saturated rings. The van der Waals surface area contributed by atoms with Crippen LogP contribution < -0.4 is 10.1 Å². The number of methoxy groups -OCH3 is 1. The largest absolute Gasteiger partial charge is 0.494 e. The maximum Gasteiger partial charge on any atom is 0.165 e. The molecule has 2 atom stereocenters. The van der Waals surface area contributed by atoms with E-state index in [0.29, 0.717) is 0 Å². The number of imidazole rings is 1. The van der Waals surface area contributed by atoms with E-state index in [1.54, 1.807) is 24.7 Å². The molecular weight excluding hydrogens is 257 g/mol. The van der Waals surface area contributed by atoms with E-state index in [-0.39, 0.29) is 23.7 Å². The summed E-state index contributed by atoms with van der Waals surface area (Å²) in [5, 5.41) is 3.48. The first kappa shape index (κ1) is 14.5. The van der Waals surface area contributed by atoms with Gasteiger partial charge in [-0.3, -0.25) is 0 Å². The predicted octanol–water partition coefficient (Wildman–Crippen LogP) is 2.77. The summed E-state index contributed by atoms with van der Waals surface area (Å²) in [5.41, 5.74) is 1.00. The van der Waals surface area contributed by atoms with Crippen molar-refractivity contribution in [2.75, 3.05) is 7.11 Å². The Bertz CT molecular complexity index is 542. The number of benzene rings is 1. The van der Waals surface area contributed by atoms with Crippen molar-refractivity contribution >= 4 is 0 Å². The second-order valence-corrected chi connectivity index (χ2v) is 4.94. The third-order valence-electron chi connectivity index (χ3n) is 3.25. The van der Waals surface area contributed by atoms with E-state index in [0.717, 1.165) is 12.1 Å². The Balaban J connectivity index is 1.98. The fourth-order valence-electron chi connectivity index (χ4n) is 2.23. The third-order valence-corrected chi connectivity index (χ3v) is 3.25. The zero-order chi connectivity index (χ0) is 14.5. The minimum absolute atomic E-state index is 0.114. The van der Waals surface area contributed by atoms with E-state index >= 15 is 0 Å². The lowest BCUT2D eigenvalue weighted by Gasteiger charge is -2.21. The van der Waals surface area contributed by atoms with Gasteiger partial charge in [-0.05, 0) is 31.5 Å². The van der Waals surface area contributed by atoms with Crippen LogP contribution in [0.25, 0.3) is 0 Å². The fourth-order valence-corrected chi connectivity index (χ4v) is 2.23. The highest BCUT2D eigenvalue weighted by Crippen LogP contribution is 2.22. The van der Waals surface area contributed by atoms with E-state index in [9.17, 15) is 4.39 Å². The van der Waals surface area contributed by atoms with Crippen molar-refractivity contribution in [3.05, 3.63) is 48.3 Å². The Morgan fingerprint density at radius 1 is 1.40 bits per heavy atom. The maximum absolute atomic E-state index is 13.4. The Hall–Kier alpha value is -1.88. The molecule has 1 heterocycles. The molecule has 1 aromatic carbocycles. The monoisotopic (exact) mass is 277 g/mol. The van der Waals surface area contributed by atoms with Gasteiger partial charge in [0.25, 0.3) is 0 Å². The molecule has 0 saturated carbocycles. The lowest BCUT2D eigenvalue weighted by atomic mass is 10.1. The maximum atomic E-state index is 13.4. The quantitative estimate of drug-likeness (QED) is 0.882. The van der Waals surface area contributed by atoms with Crippen LogP contribution in [-0.2, 0) is 6.54 Å². The van der Waals surface area contributed by atoms with Crippen molar-refractivity contribution in [2.24, 2.45) is 0 Å². The molecule has 1 N–H and O–H groups in total. The van der Waals surface area contributed by atoms with Gasteiger partial charge in [-0.1, -0.05) is 6.07 Å². The van der Waals surface area contributed by atoms with E-state index in [4.69, 9.17) is 4.74 Å². The van der Waals surface area contributed by atoms with Crippen LogP contribution >= 0.6 is 0 Å². The SMILES string of the molecule is COc1cc(C(C)NC(C)Cn2ccnc2)ccc1F. The van der Waals surface area contributed by atoms with Crippen LogP contribution in [0.2, 0.25) is 0 Å². The number of rotatable bonds is 6. The number of halogens is 1. The summed E-state index contributed by atoms with van der Waals surface area (Å²) in [6.45, 7) is 5.00. The average molecular weight is 277 g/mol. The number of aromatic nitrogens is 2. The Morgan fingerprint density at radius 2 is 2.20 bits per heavy atom. The smallest absolute Gasteiger partial charge is 0.165 e. The molecular formula is C15H20FN3O. The first-order valence-corrected chi connectivity index (χ1v) is 6.65. The minimum Gasteiger partial charge on any atom is -0.494 e. The second kappa shape index (κ2) is 6.52. The molecule has 0 radical (unpaired) electrons. The van der Waals surface area contributed by atoms with Crippen LogP contribution in [0.15, 0.2) is 36.9 Å². The molecule has 0 spiro atoms. The summed E-state index contributed by atoms with van der Waals surface area (Å²) in [7, 11) is 1.47. The summed E-state index contributed by atoms with van der Waals surface area (Å²) in [4.78, 5) is 4.02. The molecule has 108 valence electrons. The van der Waals surface area contributed by atoms with Crippen LogP contribution in [0.5, 0.6) is 5.75 Å². The van der Waals surface area contributed by atoms with Gasteiger partial charge in [0.2, 0.25) is 0 Å². The molecule has 0 amide bonds. The average Bonchev–Trinajstić information content (AvgIpc) is 2.91. The molecule has 2 rings (SSSR count). The van der Waals surface area contributed by atoms with Crippen molar-refractivity contribution in [1.82, 2.24) is 14.9 Å². The van der Waals surface area contributed by atoms with E-state index < -0.39 is 0 Å². The highest BCUT2D eigenvalue weighted by atomic mass is 19.1. The van der Waals surface area contributed by atoms with Crippen LogP contribution in [-0.4, -0.2) is 22.7 Å². The molecule has 0 aliphatic rings. The van der Waals surface area contributed by atoms with Crippen molar-refractivity contribution < 1.29 is 9.13 Å². The van der Waals surface area contributed by atoms with E-state index in [2.05, 4.69) is 24.1 Å². The molecule has 0 aliphatic heterocycles. The first-order chi connectivity index (χ1) is 9.60. The van der Waals surface area contributed by atoms with Crippen molar-refractivity contribution in [2.45, 2.75) is 32.5 Å². The van der Waals surface area contributed by atoms with Gasteiger partial charge in [-0.25, -0.2) is 9.37 Å². The van der Waals surface area contributed by atoms with Gasteiger partial charge in [-0.15, -0.1) is 0 Å². The van der Waals surface area contributed by atoms with Gasteiger partial charge < -0.3 is 14.6 Å². The van der Waals surface area contributed by atoms with Crippen LogP contribution in [0.1, 0.15) is 25.5 Å². The molecule has 2 aromatic rings. The van der Waals surface area contributed by atoms with Crippen molar-refractivity contribution in [1.29, 1.82) is 0 Å². The summed E-state index contributed by atoms with van der Waals surface area (Å²) in [5.74, 6) is -0.0617. The van der Waals surface area contributed by atoms with Gasteiger partial charge in [0.15, 0.2) is 11.6 Å². The van der Waals surface area contributed by atoms with Crippen LogP contribution in [0.3, 0.4) is 0 Å². The molecule has 0 aliphatic carbocycles. The molecule has 20 heavy (non-hydrogen) atoms. The fraction of sp³-hybridized carbons (Fsp3) is 0.400. The zero-order valence-corrected chi connectivity index (χ0v) is 12.0. The molecule has 0 bridgehead atoms. The van der Waals surface area contributed by atoms with Gasteiger partial charge in [0.1, 0.15) is 0 Å². The van der Waals surface area contributed by atoms with Gasteiger partial charge >= 0.3 is 0 Å². The number of nitrogens with one attached hydrogen (secondary N) is 1. The zero-order valence-electron chi connectivity index (χ0n) is 12.0. The number of hydrogen-bond acceptors (Lipinski definition) is 3. The third kappa shape index (κ3) is 3.57. The molecule has 5 heteroatoms. The molecule has 1 aromatic heterocycles. The summed E-state index contributed by atoms with van der Waals surface area (Å²) in [6.07, 6.45) is 5.49. The van der Waals surface area contributed by atoms with E-state index in [1.165, 1.54) is 13.2 Å². The number of nitrogens with zero attached hydrogens (tertiary/aromatic N) is 2. The summed E-state index contributed by atoms with van der Waals surface area (Å²) in [6, 6.07) is 5.33. The number of hydrogen-bond donors (Lipinski definition) is 1. The molecule has 4 nitrogen and oxygen atoms in total. The van der Waals surface area contributed by atoms with Crippen LogP contribution in [0, 0.1) is 5.82 Å². The Labute approximate surface area is 118 Å². The van der Waals surface area contributed by atoms with Crippen LogP contribution in [0.4, 0.5) is 4.39 Å². The normalized spacial score (nSPS) is 14.0. The lowest BCUT2D eigenvalue weighted by Crippen LogP contribution is -2.32. The van der Waals surface area contributed by atoms with Gasteiger partial charge in [0.05, 0.1) is 13.4 Å². The lowest BCUT2D eigenvalue weighted by molar-refractivity contribution is 0.383. The summed E-state index contributed by atoms with van der Waals surface area (Å²) < 4.78 is 20.4. The van der Waals surface area contributed by atoms with Crippen molar-refractivity contribution in [3.63, 3.8) is 0 Å². The Morgan fingerprint density at radius 3 is 2.85 bits per heavy atom. The molecule has 2 unspecified atom stereocenters. The minimum atomic E-state index is -0.338. The predicted molar refractivity (Wildman–Crippen MR) is 76.2 cm³/mol. The van der Waals surface area contributed by atoms with Gasteiger partial charge in [0, 0.05) is 31.0 Å².